The van der Waals surface area contributed by atoms with Gasteiger partial charge in [-0.2, -0.15) is 0 Å². The molecule has 5 nitrogen and oxygen atoms in total. The Balaban J connectivity index is 1.81. The summed E-state index contributed by atoms with van der Waals surface area (Å²) in [6, 6.07) is 7.02. The largest absolute Gasteiger partial charge is 0.462 e. The van der Waals surface area contributed by atoms with Crippen molar-refractivity contribution >= 4 is 18.3 Å². The molecular weight excluding hydrogens is 362 g/mol. The highest BCUT2D eigenvalue weighted by Crippen LogP contribution is 2.61. The molecule has 3 aliphatic rings. The molecule has 1 aromatic rings. The van der Waals surface area contributed by atoms with Crippen molar-refractivity contribution in [2.45, 2.75) is 57.6 Å². The molecule has 1 saturated carbocycles. The van der Waals surface area contributed by atoms with Gasteiger partial charge in [-0.1, -0.05) is 23.8 Å². The Morgan fingerprint density at radius 3 is 2.69 bits per heavy atom. The second-order valence-corrected chi connectivity index (χ2v) is 8.85. The standard InChI is InChI=1S/C24H31N3O2/c1-16(2)11-19(14-26-3)17-5-6-18-13-23(9-7-20(28-4)8-10-23)24(21(18)12-17)15-29-22(25)27-24/h5-6,11-12,14,20H,3,7-10,13,15H2,1-2,4H3,(H2,25,27)/b19-14+. The van der Waals surface area contributed by atoms with Gasteiger partial charge in [0, 0.05) is 18.7 Å². The molecule has 4 rings (SSSR count). The Hall–Kier alpha value is -2.40. The summed E-state index contributed by atoms with van der Waals surface area (Å²) in [5, 5.41) is 0. The van der Waals surface area contributed by atoms with Crippen molar-refractivity contribution < 1.29 is 9.47 Å². The van der Waals surface area contributed by atoms with Gasteiger partial charge in [0.05, 0.1) is 6.10 Å². The van der Waals surface area contributed by atoms with E-state index in [4.69, 9.17) is 20.2 Å². The summed E-state index contributed by atoms with van der Waals surface area (Å²) < 4.78 is 11.4. The molecule has 0 aromatic heterocycles. The summed E-state index contributed by atoms with van der Waals surface area (Å²) in [5.41, 5.74) is 11.7. The SMILES string of the molecule is C=N/C=C(\C=C(C)C)c1ccc2c(c1)C1(COC(N)=N1)C1(CCC(OC)CC1)C2. The first-order chi connectivity index (χ1) is 13.9. The van der Waals surface area contributed by atoms with Gasteiger partial charge in [-0.15, -0.1) is 0 Å². The summed E-state index contributed by atoms with van der Waals surface area (Å²) in [6.45, 7) is 8.34. The van der Waals surface area contributed by atoms with Crippen LogP contribution >= 0.6 is 0 Å². The van der Waals surface area contributed by atoms with Gasteiger partial charge < -0.3 is 15.2 Å². The lowest BCUT2D eigenvalue weighted by molar-refractivity contribution is -0.00984. The summed E-state index contributed by atoms with van der Waals surface area (Å²) in [6.07, 6.45) is 9.56. The first-order valence-electron chi connectivity index (χ1n) is 10.4. The van der Waals surface area contributed by atoms with E-state index in [0.717, 1.165) is 43.2 Å². The van der Waals surface area contributed by atoms with Crippen molar-refractivity contribution in [1.82, 2.24) is 0 Å². The molecule has 2 aliphatic carbocycles. The van der Waals surface area contributed by atoms with Crippen LogP contribution in [0.3, 0.4) is 0 Å². The molecule has 1 aliphatic heterocycles. The molecule has 0 amide bonds. The Kier molecular flexibility index (Phi) is 5.11. The summed E-state index contributed by atoms with van der Waals surface area (Å²) in [7, 11) is 1.81. The van der Waals surface area contributed by atoms with Gasteiger partial charge in [0.15, 0.2) is 0 Å². The van der Waals surface area contributed by atoms with Crippen molar-refractivity contribution in [3.05, 3.63) is 52.7 Å². The number of amidine groups is 1. The number of fused-ring (bicyclic) bond motifs is 3. The average molecular weight is 394 g/mol. The van der Waals surface area contributed by atoms with Crippen molar-refractivity contribution in [2.24, 2.45) is 21.1 Å². The maximum atomic E-state index is 6.06. The van der Waals surface area contributed by atoms with Crippen LogP contribution in [0.1, 0.15) is 56.2 Å². The minimum atomic E-state index is -0.404. The number of nitrogens with zero attached hydrogens (tertiary/aromatic N) is 2. The number of nitrogens with two attached hydrogens (primary N) is 1. The van der Waals surface area contributed by atoms with E-state index in [9.17, 15) is 0 Å². The zero-order valence-corrected chi connectivity index (χ0v) is 17.7. The van der Waals surface area contributed by atoms with E-state index < -0.39 is 5.54 Å². The van der Waals surface area contributed by atoms with E-state index in [-0.39, 0.29) is 5.41 Å². The van der Waals surface area contributed by atoms with Gasteiger partial charge >= 0.3 is 0 Å². The second-order valence-electron chi connectivity index (χ2n) is 8.85. The van der Waals surface area contributed by atoms with Crippen molar-refractivity contribution in [1.29, 1.82) is 0 Å². The van der Waals surface area contributed by atoms with Crippen LogP contribution < -0.4 is 5.73 Å². The number of allylic oxidation sites excluding steroid dienone is 3. The van der Waals surface area contributed by atoms with E-state index in [2.05, 4.69) is 49.8 Å². The smallest absolute Gasteiger partial charge is 0.283 e. The number of methoxy groups -OCH3 is 1. The summed E-state index contributed by atoms with van der Waals surface area (Å²) >= 11 is 0. The molecule has 0 saturated heterocycles. The Labute approximate surface area is 173 Å². The molecule has 2 spiro atoms. The Bertz CT molecular complexity index is 903. The maximum Gasteiger partial charge on any atom is 0.283 e. The van der Waals surface area contributed by atoms with Crippen LogP contribution in [-0.4, -0.2) is 32.6 Å². The van der Waals surface area contributed by atoms with Gasteiger partial charge in [0.1, 0.15) is 12.1 Å². The number of rotatable bonds is 4. The highest BCUT2D eigenvalue weighted by molar-refractivity contribution is 5.78. The Morgan fingerprint density at radius 1 is 1.34 bits per heavy atom. The fourth-order valence-electron chi connectivity index (χ4n) is 5.51. The van der Waals surface area contributed by atoms with Crippen LogP contribution in [0.25, 0.3) is 5.57 Å². The number of aliphatic imine (C=N–C) groups is 2. The monoisotopic (exact) mass is 393 g/mol. The molecular formula is C24H31N3O2. The minimum absolute atomic E-state index is 0.0428. The zero-order chi connectivity index (χ0) is 20.6. The quantitative estimate of drug-likeness (QED) is 0.610. The van der Waals surface area contributed by atoms with Gasteiger partial charge in [-0.05, 0) is 81.0 Å². The third kappa shape index (κ3) is 3.21. The molecule has 154 valence electrons. The van der Waals surface area contributed by atoms with Gasteiger partial charge in [0.2, 0.25) is 0 Å². The van der Waals surface area contributed by atoms with E-state index in [1.54, 1.807) is 0 Å². The predicted molar refractivity (Wildman–Crippen MR) is 118 cm³/mol. The normalized spacial score (nSPS) is 30.8. The van der Waals surface area contributed by atoms with E-state index >= 15 is 0 Å². The van der Waals surface area contributed by atoms with Crippen LogP contribution in [0.4, 0.5) is 0 Å². The lowest BCUT2D eigenvalue weighted by Crippen LogP contribution is -2.46. The van der Waals surface area contributed by atoms with Crippen LogP contribution in [-0.2, 0) is 21.4 Å². The molecule has 2 N–H and O–H groups in total. The van der Waals surface area contributed by atoms with Gasteiger partial charge in [-0.25, -0.2) is 4.99 Å². The topological polar surface area (TPSA) is 69.2 Å². The third-order valence-electron chi connectivity index (χ3n) is 6.92. The molecule has 1 heterocycles. The van der Waals surface area contributed by atoms with Crippen molar-refractivity contribution in [2.75, 3.05) is 13.7 Å². The molecule has 1 unspecified atom stereocenters. The number of hydrogen-bond acceptors (Lipinski definition) is 5. The van der Waals surface area contributed by atoms with Crippen LogP contribution in [0.15, 0.2) is 46.0 Å². The Morgan fingerprint density at radius 2 is 2.10 bits per heavy atom. The average Bonchev–Trinajstić information content (AvgIpc) is 3.21. The first kappa shape index (κ1) is 19.9. The second kappa shape index (κ2) is 7.45. The molecule has 1 aromatic carbocycles. The zero-order valence-electron chi connectivity index (χ0n) is 17.7. The molecule has 0 radical (unpaired) electrons. The summed E-state index contributed by atoms with van der Waals surface area (Å²) in [4.78, 5) is 8.98. The number of ether oxygens (including phenoxy) is 2. The van der Waals surface area contributed by atoms with E-state index in [1.807, 2.05) is 13.3 Å². The first-order valence-corrected chi connectivity index (χ1v) is 10.4. The third-order valence-corrected chi connectivity index (χ3v) is 6.92. The number of hydrogen-bond donors (Lipinski definition) is 1. The van der Waals surface area contributed by atoms with E-state index in [1.165, 1.54) is 16.7 Å². The fourth-order valence-corrected chi connectivity index (χ4v) is 5.51. The van der Waals surface area contributed by atoms with Crippen LogP contribution in [0.2, 0.25) is 0 Å². The van der Waals surface area contributed by atoms with Crippen LogP contribution in [0.5, 0.6) is 0 Å². The van der Waals surface area contributed by atoms with E-state index in [0.29, 0.717) is 18.7 Å². The fraction of sp³-hybridized carbons (Fsp3) is 0.500. The lowest BCUT2D eigenvalue weighted by atomic mass is 9.62. The molecule has 0 bridgehead atoms. The van der Waals surface area contributed by atoms with Crippen LogP contribution in [0, 0.1) is 5.41 Å². The van der Waals surface area contributed by atoms with Gasteiger partial charge in [0.25, 0.3) is 6.02 Å². The van der Waals surface area contributed by atoms with Crippen molar-refractivity contribution in [3.63, 3.8) is 0 Å². The van der Waals surface area contributed by atoms with Crippen molar-refractivity contribution in [3.8, 4) is 0 Å². The number of benzene rings is 1. The lowest BCUT2D eigenvalue weighted by Gasteiger charge is -2.45. The molecule has 29 heavy (non-hydrogen) atoms. The molecule has 1 fully saturated rings. The highest BCUT2D eigenvalue weighted by atomic mass is 16.5. The maximum absolute atomic E-state index is 6.06. The molecule has 1 atom stereocenters. The molecule has 5 heteroatoms. The minimum Gasteiger partial charge on any atom is -0.462 e. The van der Waals surface area contributed by atoms with Gasteiger partial charge in [-0.3, -0.25) is 4.99 Å². The summed E-state index contributed by atoms with van der Waals surface area (Å²) in [5.74, 6) is 0. The highest BCUT2D eigenvalue weighted by Gasteiger charge is 2.61. The predicted octanol–water partition coefficient (Wildman–Crippen LogP) is 4.37.